The summed E-state index contributed by atoms with van der Waals surface area (Å²) in [7, 11) is 0. The van der Waals surface area contributed by atoms with E-state index in [4.69, 9.17) is 16.7 Å². The van der Waals surface area contributed by atoms with Crippen molar-refractivity contribution in [3.63, 3.8) is 0 Å². The second-order valence-corrected chi connectivity index (χ2v) is 10.7. The lowest BCUT2D eigenvalue weighted by Crippen LogP contribution is -2.51. The average molecular weight is 598 g/mol. The number of carboxylic acid groups (broad SMARTS) is 1. The Kier molecular flexibility index (Phi) is 8.44. The number of rotatable bonds is 7. The van der Waals surface area contributed by atoms with Gasteiger partial charge < -0.3 is 20.2 Å². The number of hydrogen-bond donors (Lipinski definition) is 2. The molecule has 0 radical (unpaired) electrons. The van der Waals surface area contributed by atoms with E-state index in [2.05, 4.69) is 5.32 Å². The number of carbonyl (C=O) groups excluding carboxylic acids is 2. The fraction of sp³-hybridized carbons (Fsp3) is 0.345. The third-order valence-electron chi connectivity index (χ3n) is 7.73. The molecule has 220 valence electrons. The Balaban J connectivity index is 1.33. The highest BCUT2D eigenvalue weighted by Gasteiger charge is 2.31. The van der Waals surface area contributed by atoms with Gasteiger partial charge in [-0.3, -0.25) is 23.5 Å². The molecule has 2 aliphatic rings. The number of hydrogen-bond acceptors (Lipinski definition) is 5. The zero-order chi connectivity index (χ0) is 30.0. The SMILES string of the molecule is O=C(O)CCn1c(=O)c(-c2cccc(F)c2Cl)cn(CC(=O)N2CCC(N3CCc4ccccc4NC3=O)CC2)c1=O. The number of nitrogens with one attached hydrogen (secondary N) is 1. The zero-order valence-corrected chi connectivity index (χ0v) is 23.3. The van der Waals surface area contributed by atoms with Crippen LogP contribution in [0.3, 0.4) is 0 Å². The number of piperidine rings is 1. The van der Waals surface area contributed by atoms with Gasteiger partial charge in [0.15, 0.2) is 0 Å². The number of benzene rings is 2. The van der Waals surface area contributed by atoms with Gasteiger partial charge in [-0.1, -0.05) is 41.9 Å². The van der Waals surface area contributed by atoms with Crippen molar-refractivity contribution in [2.75, 3.05) is 25.0 Å². The highest BCUT2D eigenvalue weighted by atomic mass is 35.5. The van der Waals surface area contributed by atoms with Gasteiger partial charge in [0.1, 0.15) is 12.4 Å². The van der Waals surface area contributed by atoms with Crippen molar-refractivity contribution >= 4 is 35.2 Å². The second kappa shape index (κ2) is 12.2. The van der Waals surface area contributed by atoms with Gasteiger partial charge in [0.25, 0.3) is 5.56 Å². The highest BCUT2D eigenvalue weighted by molar-refractivity contribution is 6.33. The maximum absolute atomic E-state index is 14.2. The highest BCUT2D eigenvalue weighted by Crippen LogP contribution is 2.28. The molecule has 3 heterocycles. The van der Waals surface area contributed by atoms with E-state index in [-0.39, 0.29) is 34.1 Å². The number of nitrogens with zero attached hydrogens (tertiary/aromatic N) is 4. The van der Waals surface area contributed by atoms with Crippen LogP contribution >= 0.6 is 11.6 Å². The largest absolute Gasteiger partial charge is 0.481 e. The number of urea groups is 1. The molecule has 1 aromatic heterocycles. The van der Waals surface area contributed by atoms with Crippen molar-refractivity contribution in [3.8, 4) is 11.1 Å². The number of amides is 3. The summed E-state index contributed by atoms with van der Waals surface area (Å²) in [4.78, 5) is 67.1. The number of aliphatic carboxylic acids is 1. The number of halogens is 2. The molecule has 0 aliphatic carbocycles. The molecule has 11 nitrogen and oxygen atoms in total. The monoisotopic (exact) mass is 597 g/mol. The molecule has 2 N–H and O–H groups in total. The minimum absolute atomic E-state index is 0.0191. The first-order valence-corrected chi connectivity index (χ1v) is 14.0. The van der Waals surface area contributed by atoms with Gasteiger partial charge in [-0.2, -0.15) is 0 Å². The van der Waals surface area contributed by atoms with E-state index in [0.29, 0.717) is 38.9 Å². The Bertz CT molecular complexity index is 1660. The van der Waals surface area contributed by atoms with E-state index in [1.807, 2.05) is 24.3 Å². The van der Waals surface area contributed by atoms with Gasteiger partial charge in [0.05, 0.1) is 17.0 Å². The molecule has 0 spiro atoms. The summed E-state index contributed by atoms with van der Waals surface area (Å²) >= 11 is 6.11. The van der Waals surface area contributed by atoms with Crippen molar-refractivity contribution in [1.29, 1.82) is 0 Å². The van der Waals surface area contributed by atoms with Crippen molar-refractivity contribution in [1.82, 2.24) is 18.9 Å². The van der Waals surface area contributed by atoms with Gasteiger partial charge >= 0.3 is 17.7 Å². The van der Waals surface area contributed by atoms with E-state index < -0.39 is 42.5 Å². The van der Waals surface area contributed by atoms with E-state index in [9.17, 15) is 28.4 Å². The van der Waals surface area contributed by atoms with Gasteiger partial charge in [-0.15, -0.1) is 0 Å². The molecule has 2 aromatic carbocycles. The molecule has 0 atom stereocenters. The topological polar surface area (TPSA) is 134 Å². The van der Waals surface area contributed by atoms with E-state index in [1.54, 1.807) is 9.80 Å². The second-order valence-electron chi connectivity index (χ2n) is 10.3. The Morgan fingerprint density at radius 1 is 1.00 bits per heavy atom. The third kappa shape index (κ3) is 5.94. The fourth-order valence-electron chi connectivity index (χ4n) is 5.48. The lowest BCUT2D eigenvalue weighted by Gasteiger charge is -2.38. The molecule has 13 heteroatoms. The Hall–Kier alpha value is -4.45. The van der Waals surface area contributed by atoms with Crippen molar-refractivity contribution in [2.24, 2.45) is 0 Å². The summed E-state index contributed by atoms with van der Waals surface area (Å²) in [6.45, 7) is 0.415. The Morgan fingerprint density at radius 2 is 1.74 bits per heavy atom. The first-order chi connectivity index (χ1) is 20.1. The molecule has 0 unspecified atom stereocenters. The van der Waals surface area contributed by atoms with Gasteiger partial charge in [0.2, 0.25) is 5.91 Å². The van der Waals surface area contributed by atoms with Crippen LogP contribution in [0.25, 0.3) is 11.1 Å². The number of likely N-dealkylation sites (tertiary alicyclic amines) is 1. The average Bonchev–Trinajstić information content (AvgIpc) is 3.14. The van der Waals surface area contributed by atoms with Gasteiger partial charge in [0, 0.05) is 49.7 Å². The molecular weight excluding hydrogens is 569 g/mol. The summed E-state index contributed by atoms with van der Waals surface area (Å²) in [6.07, 6.45) is 2.46. The van der Waals surface area contributed by atoms with E-state index >= 15 is 0 Å². The number of carbonyl (C=O) groups is 3. The maximum Gasteiger partial charge on any atom is 0.331 e. The number of fused-ring (bicyclic) bond motifs is 1. The van der Waals surface area contributed by atoms with E-state index in [0.717, 1.165) is 32.6 Å². The summed E-state index contributed by atoms with van der Waals surface area (Å²) in [5.74, 6) is -2.38. The Labute approximate surface area is 244 Å². The smallest absolute Gasteiger partial charge is 0.331 e. The zero-order valence-electron chi connectivity index (χ0n) is 22.6. The summed E-state index contributed by atoms with van der Waals surface area (Å²) < 4.78 is 15.9. The predicted molar refractivity (Wildman–Crippen MR) is 153 cm³/mol. The van der Waals surface area contributed by atoms with Crippen LogP contribution in [0, 0.1) is 5.82 Å². The standard InChI is InChI=1S/C29H29ClFN5O6/c30-26-20(5-3-6-22(26)31)21-16-34(29(42)36(27(21)40)15-11-25(38)39)17-24(37)33-12-9-19(10-13-33)35-14-8-18-4-1-2-7-23(18)32-28(35)41/h1-7,16,19H,8-15,17H2,(H,32,41)(H,38,39). The predicted octanol–water partition coefficient (Wildman–Crippen LogP) is 3.03. The first kappa shape index (κ1) is 29.1. The van der Waals surface area contributed by atoms with Gasteiger partial charge in [-0.05, 0) is 37.0 Å². The summed E-state index contributed by atoms with van der Waals surface area (Å²) in [6, 6.07) is 11.3. The number of carboxylic acids is 1. The fourth-order valence-corrected chi connectivity index (χ4v) is 5.71. The molecule has 1 saturated heterocycles. The van der Waals surface area contributed by atoms with Crippen LogP contribution in [0.1, 0.15) is 24.8 Å². The molecule has 42 heavy (non-hydrogen) atoms. The quantitative estimate of drug-likeness (QED) is 0.430. The number of anilines is 1. The van der Waals surface area contributed by atoms with Crippen LogP contribution in [-0.4, -0.2) is 67.6 Å². The molecule has 0 saturated carbocycles. The van der Waals surface area contributed by atoms with Crippen molar-refractivity contribution < 1.29 is 23.9 Å². The molecule has 3 amide bonds. The summed E-state index contributed by atoms with van der Waals surface area (Å²) in [5, 5.41) is 11.7. The molecule has 0 bridgehead atoms. The van der Waals surface area contributed by atoms with Crippen molar-refractivity contribution in [3.05, 3.63) is 85.9 Å². The van der Waals surface area contributed by atoms with Gasteiger partial charge in [-0.25, -0.2) is 14.0 Å². The molecule has 2 aliphatic heterocycles. The Morgan fingerprint density at radius 3 is 2.48 bits per heavy atom. The molecule has 5 rings (SSSR count). The molecular formula is C29H29ClFN5O6. The normalized spacial score (nSPS) is 15.6. The summed E-state index contributed by atoms with van der Waals surface area (Å²) in [5.41, 5.74) is 0.0501. The first-order valence-electron chi connectivity index (χ1n) is 13.6. The molecule has 1 fully saturated rings. The maximum atomic E-state index is 14.2. The minimum atomic E-state index is -1.22. The molecule has 3 aromatic rings. The number of aromatic nitrogens is 2. The van der Waals surface area contributed by atoms with Crippen LogP contribution in [0.4, 0.5) is 14.9 Å². The van der Waals surface area contributed by atoms with Crippen LogP contribution in [0.5, 0.6) is 0 Å². The lowest BCUT2D eigenvalue weighted by molar-refractivity contribution is -0.137. The third-order valence-corrected chi connectivity index (χ3v) is 8.12. The van der Waals surface area contributed by atoms with Crippen molar-refractivity contribution in [2.45, 2.75) is 44.8 Å². The minimum Gasteiger partial charge on any atom is -0.481 e. The van der Waals surface area contributed by atoms with Crippen LogP contribution in [0.15, 0.2) is 58.3 Å². The van der Waals surface area contributed by atoms with E-state index in [1.165, 1.54) is 12.1 Å². The number of para-hydroxylation sites is 1. The van der Waals surface area contributed by atoms with Crippen LogP contribution < -0.4 is 16.6 Å². The lowest BCUT2D eigenvalue weighted by atomic mass is 10.0. The van der Waals surface area contributed by atoms with Crippen LogP contribution in [0.2, 0.25) is 5.02 Å². The van der Waals surface area contributed by atoms with Crippen LogP contribution in [-0.2, 0) is 29.1 Å².